The van der Waals surface area contributed by atoms with Gasteiger partial charge in [0.25, 0.3) is 5.69 Å². The van der Waals surface area contributed by atoms with Crippen molar-refractivity contribution >= 4 is 15.7 Å². The first-order valence-electron chi connectivity index (χ1n) is 8.01. The molecule has 138 valence electrons. The van der Waals surface area contributed by atoms with Crippen LogP contribution in [0.4, 0.5) is 5.69 Å². The van der Waals surface area contributed by atoms with Crippen LogP contribution < -0.4 is 4.74 Å². The molecule has 2 aromatic carbocycles. The lowest BCUT2D eigenvalue weighted by molar-refractivity contribution is -0.384. The van der Waals surface area contributed by atoms with Crippen molar-refractivity contribution in [1.29, 1.82) is 0 Å². The topological polar surface area (TPSA) is 99.0 Å². The van der Waals surface area contributed by atoms with Gasteiger partial charge in [0, 0.05) is 25.2 Å². The summed E-state index contributed by atoms with van der Waals surface area (Å²) < 4.78 is 37.3. The Morgan fingerprint density at radius 1 is 1.04 bits per heavy atom. The van der Waals surface area contributed by atoms with Gasteiger partial charge in [0.15, 0.2) is 0 Å². The van der Waals surface area contributed by atoms with Gasteiger partial charge in [0.05, 0.1) is 23.0 Å². The van der Waals surface area contributed by atoms with Crippen molar-refractivity contribution in [2.45, 2.75) is 11.5 Å². The monoisotopic (exact) mass is 378 g/mol. The molecule has 1 saturated heterocycles. The third-order valence-electron chi connectivity index (χ3n) is 3.98. The maximum atomic E-state index is 12.5. The van der Waals surface area contributed by atoms with Crippen molar-refractivity contribution < 1.29 is 22.8 Å². The van der Waals surface area contributed by atoms with Gasteiger partial charge in [0.2, 0.25) is 10.0 Å². The number of ether oxygens (including phenoxy) is 2. The molecule has 0 aliphatic carbocycles. The average molecular weight is 378 g/mol. The molecule has 0 radical (unpaired) electrons. The van der Waals surface area contributed by atoms with Gasteiger partial charge in [-0.25, -0.2) is 8.42 Å². The quantitative estimate of drug-likeness (QED) is 0.564. The SMILES string of the molecule is O=[N+]([O-])c1ccc(COc2ccc(S(=O)(=O)N3CCOCC3)cc2)cc1. The predicted molar refractivity (Wildman–Crippen MR) is 93.4 cm³/mol. The Morgan fingerprint density at radius 3 is 2.23 bits per heavy atom. The summed E-state index contributed by atoms with van der Waals surface area (Å²) in [7, 11) is -3.52. The minimum atomic E-state index is -3.52. The second-order valence-corrected chi connectivity index (χ2v) is 7.64. The predicted octanol–water partition coefficient (Wildman–Crippen LogP) is 2.19. The normalized spacial score (nSPS) is 15.5. The van der Waals surface area contributed by atoms with Crippen molar-refractivity contribution in [2.24, 2.45) is 0 Å². The Balaban J connectivity index is 1.63. The Kier molecular flexibility index (Phi) is 5.50. The number of nitro benzene ring substituents is 1. The first kappa shape index (κ1) is 18.3. The maximum absolute atomic E-state index is 12.5. The number of morpholine rings is 1. The summed E-state index contributed by atoms with van der Waals surface area (Å²) in [5, 5.41) is 10.6. The van der Waals surface area contributed by atoms with E-state index in [4.69, 9.17) is 9.47 Å². The molecule has 1 aliphatic heterocycles. The zero-order chi connectivity index (χ0) is 18.6. The van der Waals surface area contributed by atoms with Crippen LogP contribution in [0.5, 0.6) is 5.75 Å². The standard InChI is InChI=1S/C17H18N2O6S/c20-19(21)15-3-1-14(2-4-15)13-25-16-5-7-17(8-6-16)26(22,23)18-9-11-24-12-10-18/h1-8H,9-13H2. The molecule has 0 amide bonds. The molecular formula is C17H18N2O6S. The molecule has 1 aliphatic rings. The number of benzene rings is 2. The highest BCUT2D eigenvalue weighted by atomic mass is 32.2. The molecule has 26 heavy (non-hydrogen) atoms. The summed E-state index contributed by atoms with van der Waals surface area (Å²) in [5.41, 5.74) is 0.798. The highest BCUT2D eigenvalue weighted by Gasteiger charge is 2.26. The number of sulfonamides is 1. The molecule has 1 fully saturated rings. The molecule has 0 N–H and O–H groups in total. The molecule has 2 aromatic rings. The second-order valence-electron chi connectivity index (χ2n) is 5.70. The van der Waals surface area contributed by atoms with Crippen molar-refractivity contribution in [3.63, 3.8) is 0 Å². The van der Waals surface area contributed by atoms with E-state index in [2.05, 4.69) is 0 Å². The van der Waals surface area contributed by atoms with Crippen LogP contribution in [0.2, 0.25) is 0 Å². The Morgan fingerprint density at radius 2 is 1.65 bits per heavy atom. The van der Waals surface area contributed by atoms with E-state index in [1.807, 2.05) is 0 Å². The van der Waals surface area contributed by atoms with E-state index in [1.54, 1.807) is 24.3 Å². The number of nitro groups is 1. The van der Waals surface area contributed by atoms with Crippen LogP contribution >= 0.6 is 0 Å². The van der Waals surface area contributed by atoms with E-state index in [0.717, 1.165) is 5.56 Å². The fourth-order valence-corrected chi connectivity index (χ4v) is 3.93. The van der Waals surface area contributed by atoms with Crippen LogP contribution in [0.15, 0.2) is 53.4 Å². The fourth-order valence-electron chi connectivity index (χ4n) is 2.52. The van der Waals surface area contributed by atoms with Crippen molar-refractivity contribution in [1.82, 2.24) is 4.31 Å². The molecule has 0 aromatic heterocycles. The third kappa shape index (κ3) is 4.18. The lowest BCUT2D eigenvalue weighted by atomic mass is 10.2. The zero-order valence-electron chi connectivity index (χ0n) is 13.9. The number of nitrogens with zero attached hydrogens (tertiary/aromatic N) is 2. The summed E-state index contributed by atoms with van der Waals surface area (Å²) >= 11 is 0. The Hall–Kier alpha value is -2.49. The smallest absolute Gasteiger partial charge is 0.269 e. The molecule has 0 saturated carbocycles. The van der Waals surface area contributed by atoms with Crippen LogP contribution in [0.25, 0.3) is 0 Å². The zero-order valence-corrected chi connectivity index (χ0v) is 14.7. The Bertz CT molecular complexity index is 859. The van der Waals surface area contributed by atoms with Crippen molar-refractivity contribution in [3.05, 3.63) is 64.2 Å². The largest absolute Gasteiger partial charge is 0.489 e. The van der Waals surface area contributed by atoms with Gasteiger partial charge in [-0.15, -0.1) is 0 Å². The molecule has 8 nitrogen and oxygen atoms in total. The number of hydrogen-bond donors (Lipinski definition) is 0. The molecular weight excluding hydrogens is 360 g/mol. The number of non-ortho nitro benzene ring substituents is 1. The minimum absolute atomic E-state index is 0.0198. The maximum Gasteiger partial charge on any atom is 0.269 e. The minimum Gasteiger partial charge on any atom is -0.489 e. The van der Waals surface area contributed by atoms with Crippen LogP contribution in [0.3, 0.4) is 0 Å². The van der Waals surface area contributed by atoms with E-state index < -0.39 is 14.9 Å². The van der Waals surface area contributed by atoms with Gasteiger partial charge >= 0.3 is 0 Å². The fraction of sp³-hybridized carbons (Fsp3) is 0.294. The van der Waals surface area contributed by atoms with Crippen LogP contribution in [-0.4, -0.2) is 43.9 Å². The van der Waals surface area contributed by atoms with Crippen LogP contribution in [-0.2, 0) is 21.4 Å². The van der Waals surface area contributed by atoms with Gasteiger partial charge in [-0.2, -0.15) is 4.31 Å². The first-order valence-corrected chi connectivity index (χ1v) is 9.45. The highest BCUT2D eigenvalue weighted by molar-refractivity contribution is 7.89. The van der Waals surface area contributed by atoms with Crippen molar-refractivity contribution in [3.8, 4) is 5.75 Å². The van der Waals surface area contributed by atoms with Crippen LogP contribution in [0.1, 0.15) is 5.56 Å². The molecule has 9 heteroatoms. The number of hydrogen-bond acceptors (Lipinski definition) is 6. The lowest BCUT2D eigenvalue weighted by Crippen LogP contribution is -2.40. The molecule has 3 rings (SSSR count). The Labute approximate surface area is 151 Å². The van der Waals surface area contributed by atoms with E-state index >= 15 is 0 Å². The average Bonchev–Trinajstić information content (AvgIpc) is 2.67. The molecule has 0 bridgehead atoms. The van der Waals surface area contributed by atoms with E-state index in [0.29, 0.717) is 32.1 Å². The molecule has 0 atom stereocenters. The summed E-state index contributed by atoms with van der Waals surface area (Å²) in [6.07, 6.45) is 0. The lowest BCUT2D eigenvalue weighted by Gasteiger charge is -2.26. The van der Waals surface area contributed by atoms with Gasteiger partial charge < -0.3 is 9.47 Å². The number of rotatable bonds is 6. The van der Waals surface area contributed by atoms with Crippen LogP contribution in [0, 0.1) is 10.1 Å². The second kappa shape index (κ2) is 7.81. The van der Waals surface area contributed by atoms with E-state index in [9.17, 15) is 18.5 Å². The van der Waals surface area contributed by atoms with Gasteiger partial charge in [-0.05, 0) is 42.0 Å². The van der Waals surface area contributed by atoms with E-state index in [-0.39, 0.29) is 17.2 Å². The van der Waals surface area contributed by atoms with Gasteiger partial charge in [-0.1, -0.05) is 0 Å². The summed E-state index contributed by atoms with van der Waals surface area (Å²) in [4.78, 5) is 10.4. The van der Waals surface area contributed by atoms with Gasteiger partial charge in [-0.3, -0.25) is 10.1 Å². The summed E-state index contributed by atoms with van der Waals surface area (Å²) in [6.45, 7) is 1.72. The third-order valence-corrected chi connectivity index (χ3v) is 5.90. The summed E-state index contributed by atoms with van der Waals surface area (Å²) in [5.74, 6) is 0.518. The van der Waals surface area contributed by atoms with E-state index in [1.165, 1.54) is 28.6 Å². The van der Waals surface area contributed by atoms with Gasteiger partial charge in [0.1, 0.15) is 12.4 Å². The molecule has 0 spiro atoms. The highest BCUT2D eigenvalue weighted by Crippen LogP contribution is 2.21. The van der Waals surface area contributed by atoms with Crippen molar-refractivity contribution in [2.75, 3.05) is 26.3 Å². The molecule has 1 heterocycles. The summed E-state index contributed by atoms with van der Waals surface area (Å²) in [6, 6.07) is 12.3. The first-order chi connectivity index (χ1) is 12.5. The molecule has 0 unspecified atom stereocenters.